The fourth-order valence-electron chi connectivity index (χ4n) is 3.75. The third kappa shape index (κ3) is 2.32. The highest BCUT2D eigenvalue weighted by atomic mass is 35.5. The van der Waals surface area contributed by atoms with Gasteiger partial charge in [-0.1, -0.05) is 6.92 Å². The van der Waals surface area contributed by atoms with Crippen molar-refractivity contribution in [2.45, 2.75) is 44.3 Å². The van der Waals surface area contributed by atoms with E-state index in [2.05, 4.69) is 0 Å². The van der Waals surface area contributed by atoms with Gasteiger partial charge in [-0.3, -0.25) is 23.9 Å². The van der Waals surface area contributed by atoms with E-state index in [1.165, 1.54) is 13.8 Å². The van der Waals surface area contributed by atoms with Gasteiger partial charge >= 0.3 is 17.6 Å². The number of halogens is 2. The predicted molar refractivity (Wildman–Crippen MR) is 84.1 cm³/mol. The first-order valence-corrected chi connectivity index (χ1v) is 8.25. The van der Waals surface area contributed by atoms with Crippen LogP contribution in [0.15, 0.2) is 15.8 Å². The van der Waals surface area contributed by atoms with Gasteiger partial charge < -0.3 is 14.2 Å². The van der Waals surface area contributed by atoms with Crippen molar-refractivity contribution in [1.29, 1.82) is 0 Å². The molecule has 0 aromatic carbocycles. The van der Waals surface area contributed by atoms with Crippen LogP contribution in [-0.2, 0) is 23.8 Å². The predicted octanol–water partition coefficient (Wildman–Crippen LogP) is 0.0654. The standard InChI is InChI=1S/C15H16ClFN2O7/c1-6-11(19-4-9(17)10(22)18-13(19)23)26-14(5-16)12(24-7(2)20)15(6,14)25-8(3)21/h4,6,11-12H,5H2,1-3H3,(H,18,22,23)/t6-,11?,12?,14+,15+/m0/s1. The number of aromatic amines is 1. The number of esters is 2. The molecule has 1 aliphatic carbocycles. The molecule has 1 aromatic heterocycles. The monoisotopic (exact) mass is 390 g/mol. The first-order valence-electron chi connectivity index (χ1n) is 7.72. The molecule has 11 heteroatoms. The Labute approximate surface area is 151 Å². The number of alkyl halides is 1. The molecule has 1 aromatic rings. The van der Waals surface area contributed by atoms with Gasteiger partial charge in [-0.05, 0) is 0 Å². The number of nitrogens with zero attached hydrogens (tertiary/aromatic N) is 1. The molecule has 0 amide bonds. The highest BCUT2D eigenvalue weighted by Crippen LogP contribution is 2.69. The van der Waals surface area contributed by atoms with Gasteiger partial charge in [0.15, 0.2) is 17.3 Å². The Morgan fingerprint density at radius 3 is 2.58 bits per heavy atom. The highest BCUT2D eigenvalue weighted by Gasteiger charge is 2.91. The van der Waals surface area contributed by atoms with Crippen LogP contribution in [0.1, 0.15) is 27.0 Å². The van der Waals surface area contributed by atoms with Gasteiger partial charge in [-0.15, -0.1) is 11.6 Å². The molecule has 1 saturated carbocycles. The topological polar surface area (TPSA) is 117 Å². The maximum absolute atomic E-state index is 13.6. The summed E-state index contributed by atoms with van der Waals surface area (Å²) in [5.74, 6) is -3.42. The lowest BCUT2D eigenvalue weighted by atomic mass is 9.99. The fourth-order valence-corrected chi connectivity index (χ4v) is 4.16. The van der Waals surface area contributed by atoms with Crippen molar-refractivity contribution in [3.63, 3.8) is 0 Å². The SMILES string of the molecule is CC(=O)OC1[C@@]2(CCl)OC(n3cc(F)c(=O)[nH]c3=O)[C@H](C)[C@@]12OC(C)=O. The molecule has 1 N–H and O–H groups in total. The summed E-state index contributed by atoms with van der Waals surface area (Å²) < 4.78 is 31.0. The van der Waals surface area contributed by atoms with Crippen molar-refractivity contribution in [3.8, 4) is 0 Å². The van der Waals surface area contributed by atoms with Crippen LogP contribution in [-0.4, -0.2) is 44.7 Å². The van der Waals surface area contributed by atoms with Gasteiger partial charge in [0.1, 0.15) is 6.23 Å². The van der Waals surface area contributed by atoms with Crippen molar-refractivity contribution < 1.29 is 28.2 Å². The third-order valence-corrected chi connectivity index (χ3v) is 5.22. The van der Waals surface area contributed by atoms with Crippen molar-refractivity contribution >= 4 is 23.5 Å². The van der Waals surface area contributed by atoms with Gasteiger partial charge in [-0.2, -0.15) is 4.39 Å². The minimum absolute atomic E-state index is 0.209. The molecule has 9 nitrogen and oxygen atoms in total. The normalized spacial score (nSPS) is 34.9. The van der Waals surface area contributed by atoms with E-state index in [1.807, 2.05) is 4.98 Å². The zero-order valence-corrected chi connectivity index (χ0v) is 14.8. The molecular weight excluding hydrogens is 375 g/mol. The second-order valence-corrected chi connectivity index (χ2v) is 6.61. The smallest absolute Gasteiger partial charge is 0.330 e. The molecule has 0 spiro atoms. The number of H-pyrrole nitrogens is 1. The van der Waals surface area contributed by atoms with Crippen LogP contribution in [0.2, 0.25) is 0 Å². The summed E-state index contributed by atoms with van der Waals surface area (Å²) in [6, 6.07) is 0. The third-order valence-electron chi connectivity index (χ3n) is 4.82. The molecule has 2 heterocycles. The zero-order chi connectivity index (χ0) is 19.4. The van der Waals surface area contributed by atoms with E-state index >= 15 is 0 Å². The fraction of sp³-hybridized carbons (Fsp3) is 0.600. The minimum Gasteiger partial charge on any atom is -0.455 e. The number of hydrogen-bond acceptors (Lipinski definition) is 7. The number of nitrogens with one attached hydrogen (secondary N) is 1. The van der Waals surface area contributed by atoms with E-state index in [0.29, 0.717) is 6.20 Å². The van der Waals surface area contributed by atoms with E-state index in [-0.39, 0.29) is 5.88 Å². The summed E-state index contributed by atoms with van der Waals surface area (Å²) in [6.07, 6.45) is -1.36. The Morgan fingerprint density at radius 2 is 2.04 bits per heavy atom. The summed E-state index contributed by atoms with van der Waals surface area (Å²) in [7, 11) is 0. The maximum Gasteiger partial charge on any atom is 0.330 e. The number of rotatable bonds is 4. The quantitative estimate of drug-likeness (QED) is 0.571. The molecular formula is C15H16ClFN2O7. The van der Waals surface area contributed by atoms with Crippen LogP contribution in [0, 0.1) is 11.7 Å². The first kappa shape index (κ1) is 18.6. The van der Waals surface area contributed by atoms with Gasteiger partial charge in [-0.25, -0.2) is 4.79 Å². The lowest BCUT2D eigenvalue weighted by Gasteiger charge is -2.26. The lowest BCUT2D eigenvalue weighted by molar-refractivity contribution is -0.163. The van der Waals surface area contributed by atoms with E-state index < -0.39 is 58.5 Å². The second-order valence-electron chi connectivity index (χ2n) is 6.34. The average molecular weight is 391 g/mol. The summed E-state index contributed by atoms with van der Waals surface area (Å²) in [4.78, 5) is 48.2. The summed E-state index contributed by atoms with van der Waals surface area (Å²) in [5, 5.41) is 0. The van der Waals surface area contributed by atoms with Gasteiger partial charge in [0.2, 0.25) is 5.82 Å². The summed E-state index contributed by atoms with van der Waals surface area (Å²) in [5.41, 5.74) is -4.88. The number of aromatic nitrogens is 2. The largest absolute Gasteiger partial charge is 0.455 e. The van der Waals surface area contributed by atoms with Gasteiger partial charge in [0.25, 0.3) is 5.56 Å². The number of hydrogen-bond donors (Lipinski definition) is 1. The number of carbonyl (C=O) groups is 2. The van der Waals surface area contributed by atoms with Crippen molar-refractivity contribution in [3.05, 3.63) is 32.9 Å². The zero-order valence-electron chi connectivity index (χ0n) is 14.1. The summed E-state index contributed by atoms with van der Waals surface area (Å²) in [6.45, 7) is 3.94. The van der Waals surface area contributed by atoms with E-state index in [1.54, 1.807) is 6.92 Å². The molecule has 3 rings (SSSR count). The van der Waals surface area contributed by atoms with Crippen LogP contribution in [0.25, 0.3) is 0 Å². The molecule has 0 bridgehead atoms. The van der Waals surface area contributed by atoms with Crippen LogP contribution in [0.3, 0.4) is 0 Å². The molecule has 26 heavy (non-hydrogen) atoms. The molecule has 2 unspecified atom stereocenters. The molecule has 1 saturated heterocycles. The van der Waals surface area contributed by atoms with Crippen LogP contribution >= 0.6 is 11.6 Å². The molecule has 0 radical (unpaired) electrons. The van der Waals surface area contributed by atoms with Crippen LogP contribution < -0.4 is 11.2 Å². The highest BCUT2D eigenvalue weighted by molar-refractivity contribution is 6.19. The molecule has 1 aliphatic heterocycles. The van der Waals surface area contributed by atoms with Gasteiger partial charge in [0.05, 0.1) is 12.1 Å². The molecule has 2 fully saturated rings. The average Bonchev–Trinajstić information content (AvgIpc) is 2.96. The lowest BCUT2D eigenvalue weighted by Crippen LogP contribution is -2.40. The number of ether oxygens (including phenoxy) is 3. The Kier molecular flexibility index (Phi) is 4.23. The molecule has 2 aliphatic rings. The Morgan fingerprint density at radius 1 is 1.38 bits per heavy atom. The van der Waals surface area contributed by atoms with E-state index in [9.17, 15) is 23.6 Å². The van der Waals surface area contributed by atoms with E-state index in [4.69, 9.17) is 25.8 Å². The maximum atomic E-state index is 13.6. The summed E-state index contributed by atoms with van der Waals surface area (Å²) >= 11 is 6.03. The minimum atomic E-state index is -1.43. The Hall–Kier alpha value is -2.20. The van der Waals surface area contributed by atoms with Gasteiger partial charge in [0, 0.05) is 19.8 Å². The van der Waals surface area contributed by atoms with Crippen LogP contribution in [0.5, 0.6) is 0 Å². The second kappa shape index (κ2) is 5.92. The Balaban J connectivity index is 2.07. The first-order chi connectivity index (χ1) is 12.1. The molecule has 142 valence electrons. The number of fused-ring (bicyclic) bond motifs is 1. The van der Waals surface area contributed by atoms with Crippen molar-refractivity contribution in [1.82, 2.24) is 9.55 Å². The Bertz CT molecular complexity index is 899. The van der Waals surface area contributed by atoms with Crippen molar-refractivity contribution in [2.24, 2.45) is 5.92 Å². The van der Waals surface area contributed by atoms with E-state index in [0.717, 1.165) is 4.57 Å². The molecule has 5 atom stereocenters. The van der Waals surface area contributed by atoms with Crippen LogP contribution in [0.4, 0.5) is 4.39 Å². The van der Waals surface area contributed by atoms with Crippen molar-refractivity contribution in [2.75, 3.05) is 5.88 Å². The number of carbonyl (C=O) groups excluding carboxylic acids is 2.